The van der Waals surface area contributed by atoms with Gasteiger partial charge < -0.3 is 30.3 Å². The van der Waals surface area contributed by atoms with Gasteiger partial charge in [0.05, 0.1) is 40.3 Å². The number of phenols is 1. The van der Waals surface area contributed by atoms with Gasteiger partial charge in [-0.15, -0.1) is 0 Å². The molecular formula is C33H22F6N2O10. The number of hydrogen-bond acceptors (Lipinski definition) is 10. The van der Waals surface area contributed by atoms with Gasteiger partial charge in [0.1, 0.15) is 11.5 Å². The van der Waals surface area contributed by atoms with E-state index in [9.17, 15) is 39.0 Å². The quantitative estimate of drug-likeness (QED) is 0.145. The Kier molecular flexibility index (Phi) is 8.30. The van der Waals surface area contributed by atoms with Crippen LogP contribution in [0.5, 0.6) is 5.75 Å². The smallest absolute Gasteiger partial charge is 0.407 e. The summed E-state index contributed by atoms with van der Waals surface area (Å²) < 4.78 is 99.2. The lowest BCUT2D eigenvalue weighted by atomic mass is 9.66. The SMILES string of the molecule is O=C(NC1=CC(C(c2ccc(O)c(NC(=O)C3C=C4C(=O)OC(=O)C4=CC3)c2)(C(F)(F)F)C(F)(F)F)CC=C1O)C1=CC2C(=O)OC(=O)C2C=C1. The first-order valence-corrected chi connectivity index (χ1v) is 14.9. The van der Waals surface area contributed by atoms with Gasteiger partial charge >= 0.3 is 36.2 Å². The molecule has 2 saturated heterocycles. The highest BCUT2D eigenvalue weighted by Crippen LogP contribution is 2.59. The van der Waals surface area contributed by atoms with E-state index in [-0.39, 0.29) is 23.1 Å². The van der Waals surface area contributed by atoms with Crippen LogP contribution in [-0.4, -0.2) is 58.3 Å². The van der Waals surface area contributed by atoms with Crippen LogP contribution in [0.1, 0.15) is 18.4 Å². The van der Waals surface area contributed by atoms with E-state index in [0.29, 0.717) is 30.4 Å². The molecule has 12 nitrogen and oxygen atoms in total. The highest BCUT2D eigenvalue weighted by Gasteiger charge is 2.74. The number of nitrogens with one attached hydrogen (secondary N) is 2. The number of halogens is 6. The molecular weight excluding hydrogens is 698 g/mol. The molecule has 1 aromatic rings. The average Bonchev–Trinajstić information content (AvgIpc) is 3.50. The predicted octanol–water partition coefficient (Wildman–Crippen LogP) is 3.92. The van der Waals surface area contributed by atoms with E-state index in [1.54, 1.807) is 0 Å². The van der Waals surface area contributed by atoms with Crippen molar-refractivity contribution in [3.63, 3.8) is 0 Å². The van der Waals surface area contributed by atoms with Crippen molar-refractivity contribution in [2.45, 2.75) is 30.6 Å². The Labute approximate surface area is 281 Å². The topological polar surface area (TPSA) is 185 Å². The third kappa shape index (κ3) is 5.79. The number of carbonyl (C=O) groups excluding carboxylic acids is 6. The number of carbonyl (C=O) groups is 6. The summed E-state index contributed by atoms with van der Waals surface area (Å²) in [4.78, 5) is 73.4. The van der Waals surface area contributed by atoms with E-state index >= 15 is 26.3 Å². The number of esters is 4. The maximum absolute atomic E-state index is 15.0. The van der Waals surface area contributed by atoms with Crippen molar-refractivity contribution in [2.24, 2.45) is 23.7 Å². The van der Waals surface area contributed by atoms with Crippen LogP contribution >= 0.6 is 0 Å². The van der Waals surface area contributed by atoms with E-state index in [2.05, 4.69) is 20.1 Å². The fourth-order valence-electron chi connectivity index (χ4n) is 6.50. The number of aliphatic hydroxyl groups is 1. The molecule has 4 unspecified atom stereocenters. The number of alkyl halides is 6. The van der Waals surface area contributed by atoms with Crippen molar-refractivity contribution in [3.8, 4) is 5.75 Å². The summed E-state index contributed by atoms with van der Waals surface area (Å²) in [6, 6.07) is 1.17. The maximum Gasteiger partial charge on any atom is 0.407 e. The van der Waals surface area contributed by atoms with E-state index < -0.39 is 112 Å². The van der Waals surface area contributed by atoms with Crippen LogP contribution in [0.25, 0.3) is 0 Å². The Bertz CT molecular complexity index is 1990. The molecule has 4 atom stereocenters. The molecule has 2 fully saturated rings. The lowest BCUT2D eigenvalue weighted by molar-refractivity contribution is -0.314. The second-order valence-corrected chi connectivity index (χ2v) is 12.0. The molecule has 0 aromatic heterocycles. The largest absolute Gasteiger partial charge is 0.506 e. The summed E-state index contributed by atoms with van der Waals surface area (Å²) in [5.74, 6) is -13.9. The lowest BCUT2D eigenvalue weighted by Gasteiger charge is -2.43. The fraction of sp³-hybridized carbons (Fsp3) is 0.273. The van der Waals surface area contributed by atoms with Gasteiger partial charge in [0.2, 0.25) is 5.91 Å². The van der Waals surface area contributed by atoms with Crippen molar-refractivity contribution < 1.29 is 74.8 Å². The Morgan fingerprint density at radius 2 is 1.45 bits per heavy atom. The number of allylic oxidation sites excluding steroid dienone is 3. The van der Waals surface area contributed by atoms with Gasteiger partial charge in [-0.1, -0.05) is 42.5 Å². The van der Waals surface area contributed by atoms with Gasteiger partial charge in [0.25, 0.3) is 5.91 Å². The van der Waals surface area contributed by atoms with Crippen LogP contribution in [0.2, 0.25) is 0 Å². The van der Waals surface area contributed by atoms with Crippen molar-refractivity contribution in [1.82, 2.24) is 5.32 Å². The normalized spacial score (nSPS) is 24.6. The number of aliphatic hydroxyl groups excluding tert-OH is 1. The molecule has 4 N–H and O–H groups in total. The van der Waals surface area contributed by atoms with Crippen LogP contribution in [0, 0.1) is 23.7 Å². The van der Waals surface area contributed by atoms with Gasteiger partial charge in [-0.3, -0.25) is 19.2 Å². The molecule has 51 heavy (non-hydrogen) atoms. The van der Waals surface area contributed by atoms with Crippen molar-refractivity contribution >= 4 is 41.4 Å². The molecule has 2 aliphatic heterocycles. The van der Waals surface area contributed by atoms with Gasteiger partial charge in [-0.25, -0.2) is 9.59 Å². The fourth-order valence-corrected chi connectivity index (χ4v) is 6.50. The zero-order chi connectivity index (χ0) is 37.2. The predicted molar refractivity (Wildman–Crippen MR) is 156 cm³/mol. The van der Waals surface area contributed by atoms with Gasteiger partial charge in [0, 0.05) is 11.5 Å². The second-order valence-electron chi connectivity index (χ2n) is 12.0. The number of hydrogen-bond donors (Lipinski definition) is 4. The second kappa shape index (κ2) is 12.1. The highest BCUT2D eigenvalue weighted by molar-refractivity contribution is 6.19. The number of rotatable bonds is 6. The number of fused-ring (bicyclic) bond motifs is 2. The summed E-state index contributed by atoms with van der Waals surface area (Å²) in [7, 11) is 0. The lowest BCUT2D eigenvalue weighted by Crippen LogP contribution is -2.58. The molecule has 1 aromatic carbocycles. The number of phenolic OH excluding ortho intramolecular Hbond substituents is 1. The van der Waals surface area contributed by atoms with Crippen molar-refractivity contribution in [3.05, 3.63) is 94.5 Å². The summed E-state index contributed by atoms with van der Waals surface area (Å²) in [5.41, 5.74) is -8.57. The number of cyclic esters (lactones) is 4. The Hall–Kier alpha value is -5.94. The third-order valence-electron chi connectivity index (χ3n) is 9.05. The number of amides is 2. The van der Waals surface area contributed by atoms with Crippen molar-refractivity contribution in [1.29, 1.82) is 0 Å². The first-order chi connectivity index (χ1) is 23.8. The van der Waals surface area contributed by atoms with E-state index in [1.165, 1.54) is 12.2 Å². The molecule has 2 heterocycles. The first kappa shape index (κ1) is 34.9. The molecule has 0 spiro atoms. The highest BCUT2D eigenvalue weighted by atomic mass is 19.4. The van der Waals surface area contributed by atoms with Crippen LogP contribution in [0.3, 0.4) is 0 Å². The van der Waals surface area contributed by atoms with Crippen LogP contribution in [0.15, 0.2) is 88.9 Å². The molecule has 0 radical (unpaired) electrons. The van der Waals surface area contributed by atoms with Gasteiger partial charge in [-0.05, 0) is 36.6 Å². The Balaban J connectivity index is 1.33. The minimum absolute atomic E-state index is 0.110. The minimum atomic E-state index is -6.12. The van der Waals surface area contributed by atoms with Crippen LogP contribution < -0.4 is 10.6 Å². The minimum Gasteiger partial charge on any atom is -0.506 e. The van der Waals surface area contributed by atoms with Gasteiger partial charge in [0.15, 0.2) is 5.41 Å². The van der Waals surface area contributed by atoms with E-state index in [1.807, 2.05) is 0 Å². The standard InChI is InChI=1S/C33H22F6N2O10/c34-32(35,36)31(33(37,38)39,15-3-7-23(42)21(11-15)40-25(44)13-1-5-17-19(9-13)29(48)50-27(17)46)16-4-8-24(43)22(12-16)41-26(45)14-2-6-18-20(10-14)30(49)51-28(18)47/h1,4-12,14-15,17,19,42-43H,2-3H2,(H,40,44)(H,41,45). The molecule has 0 bridgehead atoms. The average molecular weight is 721 g/mol. The van der Waals surface area contributed by atoms with E-state index in [4.69, 9.17) is 0 Å². The third-order valence-corrected chi connectivity index (χ3v) is 9.05. The molecule has 0 saturated carbocycles. The molecule has 3 aliphatic carbocycles. The molecule has 6 rings (SSSR count). The van der Waals surface area contributed by atoms with Crippen LogP contribution in [-0.2, 0) is 43.7 Å². The zero-order valence-electron chi connectivity index (χ0n) is 25.4. The number of ether oxygens (including phenoxy) is 2. The molecule has 5 aliphatic rings. The van der Waals surface area contributed by atoms with E-state index in [0.717, 1.165) is 18.2 Å². The number of aromatic hydroxyl groups is 1. The summed E-state index contributed by atoms with van der Waals surface area (Å²) in [6.07, 6.45) is -6.92. The molecule has 18 heteroatoms. The van der Waals surface area contributed by atoms with Crippen molar-refractivity contribution in [2.75, 3.05) is 5.32 Å². The van der Waals surface area contributed by atoms with Gasteiger partial charge in [-0.2, -0.15) is 26.3 Å². The maximum atomic E-state index is 15.0. The number of benzene rings is 1. The first-order valence-electron chi connectivity index (χ1n) is 14.9. The zero-order valence-corrected chi connectivity index (χ0v) is 25.4. The monoisotopic (exact) mass is 720 g/mol. The summed E-state index contributed by atoms with van der Waals surface area (Å²) >= 11 is 0. The van der Waals surface area contributed by atoms with Crippen LogP contribution in [0.4, 0.5) is 32.0 Å². The molecule has 2 amide bonds. The summed E-state index contributed by atoms with van der Waals surface area (Å²) in [5, 5.41) is 24.9. The number of anilines is 1. The Morgan fingerprint density at radius 1 is 0.784 bits per heavy atom. The summed E-state index contributed by atoms with van der Waals surface area (Å²) in [6.45, 7) is 0. The molecule has 266 valence electrons. The Morgan fingerprint density at radius 3 is 2.14 bits per heavy atom.